The molecule has 19 heavy (non-hydrogen) atoms. The number of nitro benzene ring substituents is 1. The topological polar surface area (TPSA) is 76.4 Å². The lowest BCUT2D eigenvalue weighted by molar-refractivity contribution is -0.384. The van der Waals surface area contributed by atoms with Gasteiger partial charge in [0, 0.05) is 43.7 Å². The fraction of sp³-hybridized carbons (Fsp3) is 0.538. The molecule has 0 saturated heterocycles. The predicted octanol–water partition coefficient (Wildman–Crippen LogP) is 2.48. The van der Waals surface area contributed by atoms with Crippen LogP contribution in [0.1, 0.15) is 12.8 Å². The third-order valence-electron chi connectivity index (χ3n) is 3.04. The van der Waals surface area contributed by atoms with Gasteiger partial charge in [-0.1, -0.05) is 0 Å². The zero-order valence-corrected chi connectivity index (χ0v) is 11.0. The Balaban J connectivity index is 1.83. The molecule has 0 unspecified atom stereocenters. The molecule has 0 bridgehead atoms. The number of anilines is 2. The molecular weight excluding hydrogens is 246 g/mol. The fourth-order valence-electron chi connectivity index (χ4n) is 1.77. The van der Waals surface area contributed by atoms with Gasteiger partial charge >= 0.3 is 0 Å². The minimum absolute atomic E-state index is 0.0771. The van der Waals surface area contributed by atoms with Gasteiger partial charge in [0.15, 0.2) is 0 Å². The van der Waals surface area contributed by atoms with E-state index in [0.717, 1.165) is 23.9 Å². The molecule has 1 saturated carbocycles. The standard InChI is InChI=1S/C13H19N3O3/c1-14-11-6-12(8-13(7-11)16(17)18)15-4-5-19-9-10-2-3-10/h6-8,10,14-15H,2-5,9H2,1H3. The van der Waals surface area contributed by atoms with Crippen LogP contribution in [-0.4, -0.2) is 31.7 Å². The van der Waals surface area contributed by atoms with Crippen LogP contribution in [0.2, 0.25) is 0 Å². The molecule has 1 aliphatic carbocycles. The van der Waals surface area contributed by atoms with Crippen LogP contribution in [0.3, 0.4) is 0 Å². The Morgan fingerprint density at radius 3 is 2.74 bits per heavy atom. The second-order valence-corrected chi connectivity index (χ2v) is 4.72. The molecule has 0 atom stereocenters. The highest BCUT2D eigenvalue weighted by Crippen LogP contribution is 2.28. The van der Waals surface area contributed by atoms with E-state index in [-0.39, 0.29) is 5.69 Å². The lowest BCUT2D eigenvalue weighted by atomic mass is 10.2. The summed E-state index contributed by atoms with van der Waals surface area (Å²) in [5.41, 5.74) is 1.53. The van der Waals surface area contributed by atoms with Crippen molar-refractivity contribution in [2.45, 2.75) is 12.8 Å². The summed E-state index contributed by atoms with van der Waals surface area (Å²) in [5.74, 6) is 0.758. The normalized spacial score (nSPS) is 14.2. The molecular formula is C13H19N3O3. The molecule has 1 fully saturated rings. The minimum Gasteiger partial charge on any atom is -0.388 e. The van der Waals surface area contributed by atoms with Crippen molar-refractivity contribution in [3.8, 4) is 0 Å². The van der Waals surface area contributed by atoms with Crippen LogP contribution in [-0.2, 0) is 4.74 Å². The summed E-state index contributed by atoms with van der Waals surface area (Å²) in [6, 6.07) is 4.88. The Labute approximate surface area is 112 Å². The Morgan fingerprint density at radius 1 is 1.37 bits per heavy atom. The van der Waals surface area contributed by atoms with Gasteiger partial charge in [-0.2, -0.15) is 0 Å². The maximum absolute atomic E-state index is 10.8. The van der Waals surface area contributed by atoms with E-state index >= 15 is 0 Å². The summed E-state index contributed by atoms with van der Waals surface area (Å²) < 4.78 is 5.50. The highest BCUT2D eigenvalue weighted by atomic mass is 16.6. The van der Waals surface area contributed by atoms with Gasteiger partial charge in [0.05, 0.1) is 11.5 Å². The Morgan fingerprint density at radius 2 is 2.11 bits per heavy atom. The first-order valence-corrected chi connectivity index (χ1v) is 6.48. The third kappa shape index (κ3) is 4.40. The van der Waals surface area contributed by atoms with Gasteiger partial charge in [-0.15, -0.1) is 0 Å². The predicted molar refractivity (Wildman–Crippen MR) is 74.7 cm³/mol. The zero-order valence-electron chi connectivity index (χ0n) is 11.0. The van der Waals surface area contributed by atoms with Crippen LogP contribution < -0.4 is 10.6 Å². The molecule has 0 aliphatic heterocycles. The molecule has 1 aliphatic rings. The van der Waals surface area contributed by atoms with Crippen molar-refractivity contribution in [3.05, 3.63) is 28.3 Å². The van der Waals surface area contributed by atoms with E-state index in [0.29, 0.717) is 13.2 Å². The van der Waals surface area contributed by atoms with Crippen molar-refractivity contribution in [1.29, 1.82) is 0 Å². The SMILES string of the molecule is CNc1cc(NCCOCC2CC2)cc([N+](=O)[O-])c1. The molecule has 6 heteroatoms. The number of ether oxygens (including phenoxy) is 1. The highest BCUT2D eigenvalue weighted by Gasteiger charge is 2.20. The second kappa shape index (κ2) is 6.38. The number of benzene rings is 1. The Hall–Kier alpha value is -1.82. The first-order valence-electron chi connectivity index (χ1n) is 6.48. The van der Waals surface area contributed by atoms with E-state index in [4.69, 9.17) is 4.74 Å². The number of rotatable bonds is 8. The Bertz CT molecular complexity index is 447. The van der Waals surface area contributed by atoms with Crippen molar-refractivity contribution in [3.63, 3.8) is 0 Å². The van der Waals surface area contributed by atoms with E-state index in [1.54, 1.807) is 7.05 Å². The van der Waals surface area contributed by atoms with Crippen LogP contribution in [0, 0.1) is 16.0 Å². The number of nitrogens with zero attached hydrogens (tertiary/aromatic N) is 1. The fourth-order valence-corrected chi connectivity index (χ4v) is 1.77. The molecule has 0 aromatic heterocycles. The van der Waals surface area contributed by atoms with E-state index in [9.17, 15) is 10.1 Å². The van der Waals surface area contributed by atoms with Crippen molar-refractivity contribution in [2.24, 2.45) is 5.92 Å². The van der Waals surface area contributed by atoms with Crippen molar-refractivity contribution in [2.75, 3.05) is 37.4 Å². The number of nitrogens with one attached hydrogen (secondary N) is 2. The van der Waals surface area contributed by atoms with Gasteiger partial charge in [-0.05, 0) is 24.8 Å². The maximum atomic E-state index is 10.8. The first kappa shape index (κ1) is 13.6. The van der Waals surface area contributed by atoms with Crippen LogP contribution >= 0.6 is 0 Å². The molecule has 1 aromatic rings. The molecule has 2 rings (SSSR count). The monoisotopic (exact) mass is 265 g/mol. The number of hydrogen-bond acceptors (Lipinski definition) is 5. The molecule has 1 aromatic carbocycles. The average molecular weight is 265 g/mol. The lowest BCUT2D eigenvalue weighted by Crippen LogP contribution is -2.11. The summed E-state index contributed by atoms with van der Waals surface area (Å²) in [6.45, 7) is 2.10. The average Bonchev–Trinajstić information content (AvgIpc) is 3.22. The highest BCUT2D eigenvalue weighted by molar-refractivity contribution is 5.63. The number of non-ortho nitro benzene ring substituents is 1. The van der Waals surface area contributed by atoms with Gasteiger partial charge < -0.3 is 15.4 Å². The maximum Gasteiger partial charge on any atom is 0.273 e. The summed E-state index contributed by atoms with van der Waals surface area (Å²) >= 11 is 0. The molecule has 0 heterocycles. The molecule has 0 spiro atoms. The van der Waals surface area contributed by atoms with Gasteiger partial charge in [0.25, 0.3) is 5.69 Å². The van der Waals surface area contributed by atoms with E-state index in [1.165, 1.54) is 25.0 Å². The van der Waals surface area contributed by atoms with Crippen molar-refractivity contribution in [1.82, 2.24) is 0 Å². The zero-order chi connectivity index (χ0) is 13.7. The van der Waals surface area contributed by atoms with Gasteiger partial charge in [0.2, 0.25) is 0 Å². The summed E-state index contributed by atoms with van der Waals surface area (Å²) in [5, 5.41) is 16.9. The smallest absolute Gasteiger partial charge is 0.273 e. The van der Waals surface area contributed by atoms with Crippen LogP contribution in [0.15, 0.2) is 18.2 Å². The summed E-state index contributed by atoms with van der Waals surface area (Å²) in [6.07, 6.45) is 2.56. The largest absolute Gasteiger partial charge is 0.388 e. The minimum atomic E-state index is -0.393. The van der Waals surface area contributed by atoms with E-state index in [1.807, 2.05) is 6.07 Å². The van der Waals surface area contributed by atoms with Gasteiger partial charge in [-0.3, -0.25) is 10.1 Å². The second-order valence-electron chi connectivity index (χ2n) is 4.72. The molecule has 0 radical (unpaired) electrons. The van der Waals surface area contributed by atoms with E-state index in [2.05, 4.69) is 10.6 Å². The van der Waals surface area contributed by atoms with Crippen LogP contribution in [0.25, 0.3) is 0 Å². The van der Waals surface area contributed by atoms with Gasteiger partial charge in [-0.25, -0.2) is 0 Å². The Kier molecular flexibility index (Phi) is 4.57. The van der Waals surface area contributed by atoms with Crippen LogP contribution in [0.5, 0.6) is 0 Å². The third-order valence-corrected chi connectivity index (χ3v) is 3.04. The van der Waals surface area contributed by atoms with Crippen molar-refractivity contribution >= 4 is 17.1 Å². The number of nitro groups is 1. The van der Waals surface area contributed by atoms with Crippen molar-refractivity contribution < 1.29 is 9.66 Å². The summed E-state index contributed by atoms with van der Waals surface area (Å²) in [7, 11) is 1.74. The van der Waals surface area contributed by atoms with Crippen LogP contribution in [0.4, 0.5) is 17.1 Å². The molecule has 0 amide bonds. The lowest BCUT2D eigenvalue weighted by Gasteiger charge is -2.09. The molecule has 104 valence electrons. The molecule has 6 nitrogen and oxygen atoms in total. The van der Waals surface area contributed by atoms with E-state index < -0.39 is 4.92 Å². The van der Waals surface area contributed by atoms with Gasteiger partial charge in [0.1, 0.15) is 0 Å². The number of hydrogen-bond donors (Lipinski definition) is 2. The quantitative estimate of drug-likeness (QED) is 0.429. The summed E-state index contributed by atoms with van der Waals surface area (Å²) in [4.78, 5) is 10.4. The molecule has 2 N–H and O–H groups in total. The first-order chi connectivity index (χ1) is 9.19.